The monoisotopic (exact) mass is 277 g/mol. The van der Waals surface area contributed by atoms with Crippen LogP contribution in [0.1, 0.15) is 5.56 Å². The van der Waals surface area contributed by atoms with Crippen LogP contribution in [0.3, 0.4) is 0 Å². The number of aromatic nitrogens is 2. The van der Waals surface area contributed by atoms with E-state index in [9.17, 15) is 18.8 Å². The summed E-state index contributed by atoms with van der Waals surface area (Å²) in [6.07, 6.45) is 1.23. The zero-order valence-electron chi connectivity index (χ0n) is 10.6. The lowest BCUT2D eigenvalue weighted by atomic mass is 10.2. The Labute approximate surface area is 112 Å². The molecule has 0 saturated carbocycles. The van der Waals surface area contributed by atoms with Crippen molar-refractivity contribution in [3.05, 3.63) is 62.7 Å². The third-order valence-electron chi connectivity index (χ3n) is 2.67. The van der Waals surface area contributed by atoms with Gasteiger partial charge in [0.2, 0.25) is 5.91 Å². The van der Waals surface area contributed by atoms with Gasteiger partial charge in [-0.1, -0.05) is 0 Å². The van der Waals surface area contributed by atoms with Crippen LogP contribution < -0.4 is 16.6 Å². The Morgan fingerprint density at radius 3 is 2.75 bits per heavy atom. The minimum atomic E-state index is -0.663. The van der Waals surface area contributed by atoms with Gasteiger partial charge in [0, 0.05) is 18.0 Å². The second-order valence-electron chi connectivity index (χ2n) is 4.25. The van der Waals surface area contributed by atoms with Crippen LogP contribution in [0.25, 0.3) is 0 Å². The molecule has 0 fully saturated rings. The van der Waals surface area contributed by atoms with E-state index in [2.05, 4.69) is 5.32 Å². The number of carbonyl (C=O) groups excluding carboxylic acids is 1. The van der Waals surface area contributed by atoms with Crippen LogP contribution in [0.15, 0.2) is 40.1 Å². The van der Waals surface area contributed by atoms with E-state index < -0.39 is 23.0 Å². The van der Waals surface area contributed by atoms with Gasteiger partial charge in [0.1, 0.15) is 12.4 Å². The number of H-pyrrole nitrogens is 1. The number of nitrogens with zero attached hydrogens (tertiary/aromatic N) is 1. The van der Waals surface area contributed by atoms with Gasteiger partial charge < -0.3 is 5.32 Å². The number of halogens is 1. The van der Waals surface area contributed by atoms with Crippen molar-refractivity contribution in [2.24, 2.45) is 0 Å². The van der Waals surface area contributed by atoms with Crippen LogP contribution in [0.4, 0.5) is 10.1 Å². The Balaban J connectivity index is 2.13. The molecule has 0 aliphatic heterocycles. The highest BCUT2D eigenvalue weighted by molar-refractivity contribution is 5.91. The number of amides is 1. The van der Waals surface area contributed by atoms with Crippen LogP contribution in [-0.2, 0) is 11.3 Å². The largest absolute Gasteiger partial charge is 0.328 e. The lowest BCUT2D eigenvalue weighted by Crippen LogP contribution is -2.32. The highest BCUT2D eigenvalue weighted by atomic mass is 19.1. The second kappa shape index (κ2) is 5.52. The van der Waals surface area contributed by atoms with Crippen LogP contribution >= 0.6 is 0 Å². The number of anilines is 1. The predicted octanol–water partition coefficient (Wildman–Crippen LogP) is 0.623. The highest BCUT2D eigenvalue weighted by Crippen LogP contribution is 2.15. The summed E-state index contributed by atoms with van der Waals surface area (Å²) in [5.74, 6) is -0.841. The van der Waals surface area contributed by atoms with Crippen molar-refractivity contribution < 1.29 is 9.18 Å². The zero-order chi connectivity index (χ0) is 14.7. The summed E-state index contributed by atoms with van der Waals surface area (Å²) in [6, 6.07) is 5.12. The first-order valence-corrected chi connectivity index (χ1v) is 5.81. The molecule has 6 nitrogen and oxygen atoms in total. The quantitative estimate of drug-likeness (QED) is 0.862. The van der Waals surface area contributed by atoms with E-state index >= 15 is 0 Å². The first-order valence-electron chi connectivity index (χ1n) is 5.81. The van der Waals surface area contributed by atoms with E-state index in [1.165, 1.54) is 24.4 Å². The summed E-state index contributed by atoms with van der Waals surface area (Å²) in [6.45, 7) is 1.41. The van der Waals surface area contributed by atoms with Gasteiger partial charge in [0.05, 0.1) is 0 Å². The zero-order valence-corrected chi connectivity index (χ0v) is 10.6. The number of rotatable bonds is 3. The van der Waals surface area contributed by atoms with Crippen molar-refractivity contribution in [2.45, 2.75) is 13.5 Å². The smallest absolute Gasteiger partial charge is 0.324 e. The van der Waals surface area contributed by atoms with E-state index in [-0.39, 0.29) is 6.54 Å². The second-order valence-corrected chi connectivity index (χ2v) is 4.25. The van der Waals surface area contributed by atoms with Gasteiger partial charge in [0.25, 0.3) is 5.56 Å². The molecule has 1 heterocycles. The van der Waals surface area contributed by atoms with Crippen LogP contribution in [0, 0.1) is 12.7 Å². The summed E-state index contributed by atoms with van der Waals surface area (Å²) >= 11 is 0. The van der Waals surface area contributed by atoms with Gasteiger partial charge in [-0.25, -0.2) is 9.18 Å². The van der Waals surface area contributed by atoms with Crippen LogP contribution in [0.5, 0.6) is 0 Å². The van der Waals surface area contributed by atoms with E-state index in [1.54, 1.807) is 6.92 Å². The van der Waals surface area contributed by atoms with Gasteiger partial charge in [-0.15, -0.1) is 0 Å². The maximum Gasteiger partial charge on any atom is 0.328 e. The summed E-state index contributed by atoms with van der Waals surface area (Å²) < 4.78 is 14.0. The fourth-order valence-electron chi connectivity index (χ4n) is 1.68. The number of benzene rings is 1. The maximum atomic E-state index is 12.9. The van der Waals surface area contributed by atoms with E-state index in [0.717, 1.165) is 10.6 Å². The van der Waals surface area contributed by atoms with Crippen molar-refractivity contribution in [1.82, 2.24) is 9.55 Å². The third-order valence-corrected chi connectivity index (χ3v) is 2.67. The highest BCUT2D eigenvalue weighted by Gasteiger charge is 2.07. The molecule has 0 atom stereocenters. The minimum absolute atomic E-state index is 0.244. The summed E-state index contributed by atoms with van der Waals surface area (Å²) in [7, 11) is 0. The molecule has 1 aromatic carbocycles. The Hall–Kier alpha value is -2.70. The van der Waals surface area contributed by atoms with Gasteiger partial charge in [0.15, 0.2) is 0 Å². The number of hydrogen-bond donors (Lipinski definition) is 2. The minimum Gasteiger partial charge on any atom is -0.324 e. The molecule has 1 amide bonds. The molecule has 2 aromatic rings. The average molecular weight is 277 g/mol. The molecule has 7 heteroatoms. The molecule has 0 unspecified atom stereocenters. The number of nitrogens with one attached hydrogen (secondary N) is 2. The van der Waals surface area contributed by atoms with E-state index in [4.69, 9.17) is 0 Å². The molecular weight excluding hydrogens is 265 g/mol. The van der Waals surface area contributed by atoms with Crippen LogP contribution in [-0.4, -0.2) is 15.5 Å². The van der Waals surface area contributed by atoms with Gasteiger partial charge in [-0.05, 0) is 30.7 Å². The summed E-state index contributed by atoms with van der Waals surface area (Å²) in [4.78, 5) is 36.2. The molecule has 0 aliphatic rings. The summed E-state index contributed by atoms with van der Waals surface area (Å²) in [5.41, 5.74) is -0.148. The number of aromatic amines is 1. The lowest BCUT2D eigenvalue weighted by Gasteiger charge is -2.09. The fourth-order valence-corrected chi connectivity index (χ4v) is 1.68. The molecule has 1 aromatic heterocycles. The summed E-state index contributed by atoms with van der Waals surface area (Å²) in [5, 5.41) is 2.57. The van der Waals surface area contributed by atoms with Crippen LogP contribution in [0.2, 0.25) is 0 Å². The van der Waals surface area contributed by atoms with Gasteiger partial charge >= 0.3 is 5.69 Å². The topological polar surface area (TPSA) is 84.0 Å². The molecule has 0 aliphatic carbocycles. The molecule has 2 N–H and O–H groups in total. The van der Waals surface area contributed by atoms with Gasteiger partial charge in [-0.2, -0.15) is 0 Å². The third kappa shape index (κ3) is 3.19. The first kappa shape index (κ1) is 13.7. The number of hydrogen-bond acceptors (Lipinski definition) is 3. The lowest BCUT2D eigenvalue weighted by molar-refractivity contribution is -0.116. The van der Waals surface area contributed by atoms with Crippen molar-refractivity contribution in [1.29, 1.82) is 0 Å². The van der Waals surface area contributed by atoms with Crippen molar-refractivity contribution in [2.75, 3.05) is 5.32 Å². The fraction of sp³-hybridized carbons (Fsp3) is 0.154. The van der Waals surface area contributed by atoms with E-state index in [1.807, 2.05) is 4.98 Å². The Bertz CT molecular complexity index is 764. The molecule has 20 heavy (non-hydrogen) atoms. The van der Waals surface area contributed by atoms with Crippen molar-refractivity contribution in [3.63, 3.8) is 0 Å². The molecule has 0 radical (unpaired) electrons. The maximum absolute atomic E-state index is 12.9. The van der Waals surface area contributed by atoms with E-state index in [0.29, 0.717) is 11.3 Å². The van der Waals surface area contributed by atoms with Gasteiger partial charge in [-0.3, -0.25) is 19.1 Å². The van der Waals surface area contributed by atoms with Crippen molar-refractivity contribution in [3.8, 4) is 0 Å². The normalized spacial score (nSPS) is 10.3. The molecular formula is C13H12FN3O3. The Kier molecular flexibility index (Phi) is 3.79. The first-order chi connectivity index (χ1) is 9.45. The average Bonchev–Trinajstić information content (AvgIpc) is 2.36. The molecule has 2 rings (SSSR count). The Morgan fingerprint density at radius 1 is 1.35 bits per heavy atom. The SMILES string of the molecule is Cc1cc(F)ccc1NC(=O)Cn1ccc(=O)[nH]c1=O. The van der Waals surface area contributed by atoms with Crippen molar-refractivity contribution >= 4 is 11.6 Å². The number of aryl methyl sites for hydroxylation is 1. The Morgan fingerprint density at radius 2 is 2.10 bits per heavy atom. The molecule has 0 saturated heterocycles. The standard InChI is InChI=1S/C13H12FN3O3/c1-8-6-9(14)2-3-10(8)15-12(19)7-17-5-4-11(18)16-13(17)20/h2-6H,7H2,1H3,(H,15,19)(H,16,18,20). The molecule has 0 spiro atoms. The molecule has 104 valence electrons. The number of carbonyl (C=O) groups is 1. The molecule has 0 bridgehead atoms. The predicted molar refractivity (Wildman–Crippen MR) is 71.1 cm³/mol.